The molecule has 11 heavy (non-hydrogen) atoms. The van der Waals surface area contributed by atoms with Crippen LogP contribution in [0.15, 0.2) is 23.5 Å². The molecule has 1 heterocycles. The van der Waals surface area contributed by atoms with Gasteiger partial charge in [-0.3, -0.25) is 9.98 Å². The summed E-state index contributed by atoms with van der Waals surface area (Å²) in [6.07, 6.45) is 5.11. The molecule has 0 saturated heterocycles. The molecule has 3 nitrogen and oxygen atoms in total. The van der Waals surface area contributed by atoms with Gasteiger partial charge in [-0.25, -0.2) is 0 Å². The van der Waals surface area contributed by atoms with Gasteiger partial charge < -0.3 is 4.74 Å². The van der Waals surface area contributed by atoms with E-state index in [9.17, 15) is 0 Å². The Balaban J connectivity index is 3.02. The van der Waals surface area contributed by atoms with Crippen LogP contribution in [-0.2, 0) is 0 Å². The summed E-state index contributed by atoms with van der Waals surface area (Å²) in [6, 6.07) is 1.85. The van der Waals surface area contributed by atoms with Gasteiger partial charge in [-0.05, 0) is 6.07 Å². The fraction of sp³-hybridized carbons (Fsp3) is 0.250. The van der Waals surface area contributed by atoms with Crippen molar-refractivity contribution in [2.24, 2.45) is 4.99 Å². The number of rotatable bonds is 2. The van der Waals surface area contributed by atoms with Crippen molar-refractivity contribution >= 4 is 6.21 Å². The number of ether oxygens (including phenoxy) is 1. The van der Waals surface area contributed by atoms with Gasteiger partial charge in [-0.1, -0.05) is 0 Å². The van der Waals surface area contributed by atoms with Crippen LogP contribution in [0.5, 0.6) is 5.75 Å². The van der Waals surface area contributed by atoms with Crippen LogP contribution in [0.1, 0.15) is 5.56 Å². The monoisotopic (exact) mass is 150 g/mol. The second kappa shape index (κ2) is 3.71. The Morgan fingerprint density at radius 1 is 1.64 bits per heavy atom. The topological polar surface area (TPSA) is 34.5 Å². The van der Waals surface area contributed by atoms with Gasteiger partial charge in [0.25, 0.3) is 0 Å². The Bertz CT molecular complexity index is 258. The van der Waals surface area contributed by atoms with E-state index in [0.29, 0.717) is 0 Å². The SMILES string of the molecule is CN=Cc1ccncc1OC. The molecule has 0 aliphatic heterocycles. The molecular weight excluding hydrogens is 140 g/mol. The van der Waals surface area contributed by atoms with Crippen molar-refractivity contribution in [3.8, 4) is 5.75 Å². The lowest BCUT2D eigenvalue weighted by Gasteiger charge is -2.00. The minimum atomic E-state index is 0.748. The maximum atomic E-state index is 5.04. The number of pyridine rings is 1. The molecule has 58 valence electrons. The average Bonchev–Trinajstić information content (AvgIpc) is 2.06. The van der Waals surface area contributed by atoms with Gasteiger partial charge in [-0.15, -0.1) is 0 Å². The lowest BCUT2D eigenvalue weighted by molar-refractivity contribution is 0.412. The van der Waals surface area contributed by atoms with Crippen molar-refractivity contribution in [2.45, 2.75) is 0 Å². The van der Waals surface area contributed by atoms with Crippen LogP contribution >= 0.6 is 0 Å². The molecular formula is C8H10N2O. The number of nitrogens with zero attached hydrogens (tertiary/aromatic N) is 2. The third-order valence-corrected chi connectivity index (χ3v) is 1.30. The van der Waals surface area contributed by atoms with Crippen molar-refractivity contribution in [2.75, 3.05) is 14.2 Å². The third kappa shape index (κ3) is 1.77. The van der Waals surface area contributed by atoms with Crippen molar-refractivity contribution in [1.82, 2.24) is 4.98 Å². The second-order valence-electron chi connectivity index (χ2n) is 2.00. The molecule has 0 bridgehead atoms. The van der Waals surface area contributed by atoms with Gasteiger partial charge in [0.05, 0.1) is 13.3 Å². The second-order valence-corrected chi connectivity index (χ2v) is 2.00. The summed E-state index contributed by atoms with van der Waals surface area (Å²) in [7, 11) is 3.34. The van der Waals surface area contributed by atoms with Gasteiger partial charge >= 0.3 is 0 Å². The molecule has 0 radical (unpaired) electrons. The number of aromatic nitrogens is 1. The van der Waals surface area contributed by atoms with E-state index in [4.69, 9.17) is 4.74 Å². The van der Waals surface area contributed by atoms with E-state index in [0.717, 1.165) is 11.3 Å². The molecule has 1 rings (SSSR count). The van der Waals surface area contributed by atoms with Crippen LogP contribution in [0, 0.1) is 0 Å². The zero-order valence-electron chi connectivity index (χ0n) is 6.61. The fourth-order valence-corrected chi connectivity index (χ4v) is 0.807. The summed E-state index contributed by atoms with van der Waals surface area (Å²) in [5, 5.41) is 0. The van der Waals surface area contributed by atoms with Crippen LogP contribution in [0.4, 0.5) is 0 Å². The molecule has 0 spiro atoms. The van der Waals surface area contributed by atoms with Crippen LogP contribution in [0.2, 0.25) is 0 Å². The van der Waals surface area contributed by atoms with Crippen molar-refractivity contribution in [1.29, 1.82) is 0 Å². The van der Waals surface area contributed by atoms with E-state index < -0.39 is 0 Å². The van der Waals surface area contributed by atoms with Gasteiger partial charge in [-0.2, -0.15) is 0 Å². The minimum absolute atomic E-state index is 0.748. The summed E-state index contributed by atoms with van der Waals surface area (Å²) in [6.45, 7) is 0. The van der Waals surface area contributed by atoms with Crippen molar-refractivity contribution in [3.05, 3.63) is 24.0 Å². The maximum absolute atomic E-state index is 5.04. The minimum Gasteiger partial charge on any atom is -0.494 e. The summed E-state index contributed by atoms with van der Waals surface area (Å²) < 4.78 is 5.04. The van der Waals surface area contributed by atoms with Crippen LogP contribution < -0.4 is 4.74 Å². The molecule has 0 aromatic carbocycles. The summed E-state index contributed by atoms with van der Waals surface area (Å²) in [5.41, 5.74) is 0.949. The highest BCUT2D eigenvalue weighted by Gasteiger charge is 1.96. The van der Waals surface area contributed by atoms with Crippen molar-refractivity contribution < 1.29 is 4.74 Å². The zero-order valence-corrected chi connectivity index (χ0v) is 6.61. The van der Waals surface area contributed by atoms with Gasteiger partial charge in [0.1, 0.15) is 5.75 Å². The average molecular weight is 150 g/mol. The van der Waals surface area contributed by atoms with Crippen LogP contribution in [0.25, 0.3) is 0 Å². The largest absolute Gasteiger partial charge is 0.494 e. The standard InChI is InChI=1S/C8H10N2O/c1-9-5-7-3-4-10-6-8(7)11-2/h3-6H,1-2H3. The molecule has 0 aliphatic rings. The normalized spacial score (nSPS) is 10.4. The summed E-state index contributed by atoms with van der Waals surface area (Å²) in [5.74, 6) is 0.748. The first-order chi connectivity index (χ1) is 5.38. The van der Waals surface area contributed by atoms with E-state index in [-0.39, 0.29) is 0 Å². The van der Waals surface area contributed by atoms with E-state index in [1.54, 1.807) is 32.8 Å². The lowest BCUT2D eigenvalue weighted by Crippen LogP contribution is -1.90. The first kappa shape index (κ1) is 7.72. The van der Waals surface area contributed by atoms with Gasteiger partial charge in [0.2, 0.25) is 0 Å². The van der Waals surface area contributed by atoms with E-state index in [1.165, 1.54) is 0 Å². The Kier molecular flexibility index (Phi) is 2.60. The highest BCUT2D eigenvalue weighted by atomic mass is 16.5. The lowest BCUT2D eigenvalue weighted by atomic mass is 10.3. The van der Waals surface area contributed by atoms with E-state index >= 15 is 0 Å². The number of hydrogen-bond donors (Lipinski definition) is 0. The fourth-order valence-electron chi connectivity index (χ4n) is 0.807. The van der Waals surface area contributed by atoms with Crippen molar-refractivity contribution in [3.63, 3.8) is 0 Å². The highest BCUT2D eigenvalue weighted by molar-refractivity contribution is 5.82. The molecule has 0 atom stereocenters. The molecule has 1 aromatic rings. The number of methoxy groups -OCH3 is 1. The van der Waals surface area contributed by atoms with E-state index in [1.807, 2.05) is 6.07 Å². The predicted octanol–water partition coefficient (Wildman–Crippen LogP) is 1.14. The molecule has 0 unspecified atom stereocenters. The number of hydrogen-bond acceptors (Lipinski definition) is 3. The Hall–Kier alpha value is -1.38. The number of aliphatic imine (C=N–C) groups is 1. The van der Waals surface area contributed by atoms with E-state index in [2.05, 4.69) is 9.98 Å². The Labute approximate surface area is 65.8 Å². The molecule has 0 saturated carbocycles. The predicted molar refractivity (Wildman–Crippen MR) is 44.3 cm³/mol. The maximum Gasteiger partial charge on any atom is 0.145 e. The van der Waals surface area contributed by atoms with Crippen LogP contribution in [0.3, 0.4) is 0 Å². The first-order valence-electron chi connectivity index (χ1n) is 3.28. The third-order valence-electron chi connectivity index (χ3n) is 1.30. The molecule has 0 amide bonds. The molecule has 0 fully saturated rings. The highest BCUT2D eigenvalue weighted by Crippen LogP contribution is 2.12. The Morgan fingerprint density at radius 3 is 3.09 bits per heavy atom. The van der Waals surface area contributed by atoms with Gasteiger partial charge in [0.15, 0.2) is 0 Å². The van der Waals surface area contributed by atoms with Crippen LogP contribution in [-0.4, -0.2) is 25.4 Å². The first-order valence-corrected chi connectivity index (χ1v) is 3.28. The zero-order chi connectivity index (χ0) is 8.10. The molecule has 0 aliphatic carbocycles. The molecule has 3 heteroatoms. The van der Waals surface area contributed by atoms with Gasteiger partial charge in [0, 0.05) is 25.0 Å². The Morgan fingerprint density at radius 2 is 2.45 bits per heavy atom. The summed E-state index contributed by atoms with van der Waals surface area (Å²) >= 11 is 0. The summed E-state index contributed by atoms with van der Waals surface area (Å²) in [4.78, 5) is 7.79. The molecule has 1 aromatic heterocycles. The smallest absolute Gasteiger partial charge is 0.145 e. The molecule has 0 N–H and O–H groups in total. The quantitative estimate of drug-likeness (QED) is 0.592.